The van der Waals surface area contributed by atoms with Gasteiger partial charge in [0.2, 0.25) is 0 Å². The van der Waals surface area contributed by atoms with E-state index in [0.717, 1.165) is 29.6 Å². The number of ether oxygens (including phenoxy) is 1. The number of benzene rings is 2. The summed E-state index contributed by atoms with van der Waals surface area (Å²) in [5.41, 5.74) is 1.39. The number of aromatic hydroxyl groups is 1. The monoisotopic (exact) mass is 350 g/mol. The number of anilines is 2. The second-order valence-corrected chi connectivity index (χ2v) is 6.47. The van der Waals surface area contributed by atoms with Gasteiger partial charge in [0.15, 0.2) is 0 Å². The maximum Gasteiger partial charge on any atom is 0.145 e. The standard InChI is InChI=1S/C20H22N4O2/c25-17-9-2-1-7-15(17)24-20-19-16(22-13-23-20)8-5-10-18(19)26-12-14-6-3-4-11-21-14/h1-2,5,7-10,13-14,21,25H,3-4,6,11-12H2,(H,22,23,24)/t14-/m1/s1. The Bertz CT molecular complexity index is 889. The summed E-state index contributed by atoms with van der Waals surface area (Å²) in [6.45, 7) is 1.66. The van der Waals surface area contributed by atoms with Crippen LogP contribution in [0.3, 0.4) is 0 Å². The van der Waals surface area contributed by atoms with Crippen molar-refractivity contribution in [2.45, 2.75) is 25.3 Å². The number of hydrogen-bond acceptors (Lipinski definition) is 6. The fourth-order valence-electron chi connectivity index (χ4n) is 3.26. The highest BCUT2D eigenvalue weighted by Crippen LogP contribution is 2.33. The van der Waals surface area contributed by atoms with Crippen LogP contribution in [0.15, 0.2) is 48.8 Å². The van der Waals surface area contributed by atoms with Crippen LogP contribution in [0.5, 0.6) is 11.5 Å². The van der Waals surface area contributed by atoms with Gasteiger partial charge < -0.3 is 20.5 Å². The Hall–Kier alpha value is -2.86. The van der Waals surface area contributed by atoms with E-state index in [2.05, 4.69) is 20.6 Å². The minimum absolute atomic E-state index is 0.170. The van der Waals surface area contributed by atoms with E-state index < -0.39 is 0 Å². The molecule has 0 aliphatic carbocycles. The maximum atomic E-state index is 10.0. The quantitative estimate of drug-likeness (QED) is 0.610. The Labute approximate surface area is 152 Å². The van der Waals surface area contributed by atoms with E-state index in [4.69, 9.17) is 4.74 Å². The van der Waals surface area contributed by atoms with Crippen molar-refractivity contribution in [2.75, 3.05) is 18.5 Å². The van der Waals surface area contributed by atoms with Gasteiger partial charge in [0.05, 0.1) is 16.6 Å². The molecular weight excluding hydrogens is 328 g/mol. The van der Waals surface area contributed by atoms with Gasteiger partial charge in [-0.3, -0.25) is 0 Å². The zero-order valence-electron chi connectivity index (χ0n) is 14.5. The summed E-state index contributed by atoms with van der Waals surface area (Å²) in [7, 11) is 0. The van der Waals surface area contributed by atoms with Gasteiger partial charge in [-0.15, -0.1) is 0 Å². The molecule has 1 aliphatic heterocycles. The number of phenolic OH excluding ortho intramolecular Hbond substituents is 1. The molecule has 1 aromatic heterocycles. The predicted octanol–water partition coefficient (Wildman–Crippen LogP) is 3.60. The number of aromatic nitrogens is 2. The minimum atomic E-state index is 0.170. The topological polar surface area (TPSA) is 79.3 Å². The van der Waals surface area contributed by atoms with Crippen molar-refractivity contribution in [1.29, 1.82) is 0 Å². The molecule has 0 amide bonds. The molecule has 0 spiro atoms. The second kappa shape index (κ2) is 7.58. The molecule has 0 unspecified atom stereocenters. The summed E-state index contributed by atoms with van der Waals surface area (Å²) in [6, 6.07) is 13.3. The first-order valence-corrected chi connectivity index (χ1v) is 8.96. The molecule has 3 N–H and O–H groups in total. The highest BCUT2D eigenvalue weighted by atomic mass is 16.5. The zero-order valence-corrected chi connectivity index (χ0v) is 14.5. The van der Waals surface area contributed by atoms with E-state index in [1.54, 1.807) is 18.2 Å². The van der Waals surface area contributed by atoms with Crippen LogP contribution in [0.1, 0.15) is 19.3 Å². The second-order valence-electron chi connectivity index (χ2n) is 6.47. The minimum Gasteiger partial charge on any atom is -0.506 e. The number of nitrogens with zero attached hydrogens (tertiary/aromatic N) is 2. The molecule has 1 fully saturated rings. The number of nitrogens with one attached hydrogen (secondary N) is 2. The van der Waals surface area contributed by atoms with E-state index >= 15 is 0 Å². The summed E-state index contributed by atoms with van der Waals surface area (Å²) >= 11 is 0. The average molecular weight is 350 g/mol. The zero-order chi connectivity index (χ0) is 17.8. The van der Waals surface area contributed by atoms with E-state index in [1.165, 1.54) is 19.2 Å². The van der Waals surface area contributed by atoms with Gasteiger partial charge in [-0.2, -0.15) is 0 Å². The van der Waals surface area contributed by atoms with Crippen LogP contribution < -0.4 is 15.4 Å². The lowest BCUT2D eigenvalue weighted by Crippen LogP contribution is -2.38. The number of hydrogen-bond donors (Lipinski definition) is 3. The molecule has 26 heavy (non-hydrogen) atoms. The van der Waals surface area contributed by atoms with E-state index in [-0.39, 0.29) is 5.75 Å². The Kier molecular flexibility index (Phi) is 4.84. The van der Waals surface area contributed by atoms with Crippen molar-refractivity contribution in [3.8, 4) is 11.5 Å². The SMILES string of the molecule is Oc1ccccc1Nc1ncnc2cccc(OC[C@H]3CCCCN3)c12. The Balaban J connectivity index is 1.64. The maximum absolute atomic E-state index is 10.0. The lowest BCUT2D eigenvalue weighted by atomic mass is 10.1. The number of phenols is 1. The number of rotatable bonds is 5. The van der Waals surface area contributed by atoms with Crippen LogP contribution in [-0.2, 0) is 0 Å². The molecule has 1 atom stereocenters. The lowest BCUT2D eigenvalue weighted by Gasteiger charge is -2.24. The van der Waals surface area contributed by atoms with E-state index in [9.17, 15) is 5.11 Å². The highest BCUT2D eigenvalue weighted by Gasteiger charge is 2.16. The Morgan fingerprint density at radius 3 is 2.88 bits per heavy atom. The fourth-order valence-corrected chi connectivity index (χ4v) is 3.26. The first kappa shape index (κ1) is 16.6. The van der Waals surface area contributed by atoms with Gasteiger partial charge in [0, 0.05) is 6.04 Å². The average Bonchev–Trinajstić information content (AvgIpc) is 2.69. The van der Waals surface area contributed by atoms with Gasteiger partial charge in [-0.05, 0) is 43.7 Å². The normalized spacial score (nSPS) is 17.2. The molecule has 1 aliphatic rings. The summed E-state index contributed by atoms with van der Waals surface area (Å²) in [4.78, 5) is 8.72. The third-order valence-corrected chi connectivity index (χ3v) is 4.63. The van der Waals surface area contributed by atoms with Crippen LogP contribution in [0.25, 0.3) is 10.9 Å². The van der Waals surface area contributed by atoms with Crippen molar-refractivity contribution < 1.29 is 9.84 Å². The smallest absolute Gasteiger partial charge is 0.145 e. The highest BCUT2D eigenvalue weighted by molar-refractivity contribution is 5.96. The summed E-state index contributed by atoms with van der Waals surface area (Å²) in [5.74, 6) is 1.53. The summed E-state index contributed by atoms with van der Waals surface area (Å²) in [6.07, 6.45) is 5.11. The van der Waals surface area contributed by atoms with Crippen LogP contribution in [-0.4, -0.2) is 34.3 Å². The summed E-state index contributed by atoms with van der Waals surface area (Å²) < 4.78 is 6.12. The van der Waals surface area contributed by atoms with Crippen LogP contribution in [0.4, 0.5) is 11.5 Å². The van der Waals surface area contributed by atoms with Crippen molar-refractivity contribution in [3.63, 3.8) is 0 Å². The van der Waals surface area contributed by atoms with Crippen molar-refractivity contribution >= 4 is 22.4 Å². The molecule has 2 heterocycles. The van der Waals surface area contributed by atoms with Gasteiger partial charge in [0.1, 0.15) is 30.3 Å². The Morgan fingerprint density at radius 1 is 1.12 bits per heavy atom. The molecule has 0 radical (unpaired) electrons. The van der Waals surface area contributed by atoms with Crippen molar-refractivity contribution in [3.05, 3.63) is 48.8 Å². The molecule has 2 aromatic carbocycles. The molecular formula is C20H22N4O2. The number of para-hydroxylation sites is 2. The van der Waals surface area contributed by atoms with Crippen LogP contribution in [0, 0.1) is 0 Å². The molecule has 1 saturated heterocycles. The van der Waals surface area contributed by atoms with Gasteiger partial charge in [-0.1, -0.05) is 24.6 Å². The number of piperidine rings is 1. The van der Waals surface area contributed by atoms with Crippen LogP contribution >= 0.6 is 0 Å². The molecule has 4 rings (SSSR count). The molecule has 6 nitrogen and oxygen atoms in total. The van der Waals surface area contributed by atoms with Crippen molar-refractivity contribution in [2.24, 2.45) is 0 Å². The Morgan fingerprint density at radius 2 is 2.04 bits per heavy atom. The van der Waals surface area contributed by atoms with E-state index in [0.29, 0.717) is 24.2 Å². The molecule has 6 heteroatoms. The summed E-state index contributed by atoms with van der Waals surface area (Å²) in [5, 5.41) is 17.5. The third kappa shape index (κ3) is 3.55. The van der Waals surface area contributed by atoms with Gasteiger partial charge >= 0.3 is 0 Å². The van der Waals surface area contributed by atoms with Gasteiger partial charge in [-0.25, -0.2) is 9.97 Å². The molecule has 0 saturated carbocycles. The molecule has 134 valence electrons. The van der Waals surface area contributed by atoms with Crippen LogP contribution in [0.2, 0.25) is 0 Å². The lowest BCUT2D eigenvalue weighted by molar-refractivity contribution is 0.241. The third-order valence-electron chi connectivity index (χ3n) is 4.63. The van der Waals surface area contributed by atoms with Gasteiger partial charge in [0.25, 0.3) is 0 Å². The first-order chi connectivity index (χ1) is 12.8. The predicted molar refractivity (Wildman–Crippen MR) is 102 cm³/mol. The molecule has 3 aromatic rings. The largest absolute Gasteiger partial charge is 0.506 e. The molecule has 0 bridgehead atoms. The number of fused-ring (bicyclic) bond motifs is 1. The van der Waals surface area contributed by atoms with Crippen molar-refractivity contribution in [1.82, 2.24) is 15.3 Å². The fraction of sp³-hybridized carbons (Fsp3) is 0.300. The van der Waals surface area contributed by atoms with E-state index in [1.807, 2.05) is 24.3 Å². The first-order valence-electron chi connectivity index (χ1n) is 8.96.